The van der Waals surface area contributed by atoms with E-state index < -0.39 is 0 Å². The third-order valence-corrected chi connectivity index (χ3v) is 5.98. The van der Waals surface area contributed by atoms with Crippen molar-refractivity contribution in [3.05, 3.63) is 69.5 Å². The van der Waals surface area contributed by atoms with Crippen LogP contribution < -0.4 is 15.0 Å². The number of nitrogens with zero attached hydrogens (tertiary/aromatic N) is 1. The van der Waals surface area contributed by atoms with Gasteiger partial charge in [-0.15, -0.1) is 0 Å². The molecule has 2 aliphatic heterocycles. The highest BCUT2D eigenvalue weighted by molar-refractivity contribution is 5.94. The molecule has 7 nitrogen and oxygen atoms in total. The highest BCUT2D eigenvalue weighted by atomic mass is 16.6. The molecule has 1 fully saturated rings. The lowest BCUT2D eigenvalue weighted by molar-refractivity contribution is 0.0506. The minimum absolute atomic E-state index is 0.0125. The number of pyridine rings is 1. The Balaban J connectivity index is 1.47. The number of rotatable bonds is 5. The van der Waals surface area contributed by atoms with E-state index in [1.807, 2.05) is 43.3 Å². The fraction of sp³-hybridized carbons (Fsp3) is 0.360. The first-order valence-electron chi connectivity index (χ1n) is 11.0. The van der Waals surface area contributed by atoms with E-state index in [4.69, 9.17) is 14.2 Å². The zero-order valence-electron chi connectivity index (χ0n) is 18.1. The Hall–Kier alpha value is -3.32. The molecule has 5 rings (SSSR count). The second-order valence-electron chi connectivity index (χ2n) is 8.39. The number of aromatic nitrogens is 1. The molecule has 1 N–H and O–H groups in total. The molecule has 7 heteroatoms. The van der Waals surface area contributed by atoms with Crippen molar-refractivity contribution in [1.82, 2.24) is 9.88 Å². The van der Waals surface area contributed by atoms with Crippen molar-refractivity contribution in [1.29, 1.82) is 0 Å². The van der Waals surface area contributed by atoms with Crippen LogP contribution in [0.15, 0.2) is 47.3 Å². The van der Waals surface area contributed by atoms with Crippen molar-refractivity contribution in [2.24, 2.45) is 0 Å². The van der Waals surface area contributed by atoms with E-state index >= 15 is 0 Å². The number of ether oxygens (including phenoxy) is 3. The van der Waals surface area contributed by atoms with Crippen LogP contribution in [0, 0.1) is 6.92 Å². The fourth-order valence-corrected chi connectivity index (χ4v) is 4.24. The Morgan fingerprint density at radius 1 is 1.06 bits per heavy atom. The fourth-order valence-electron chi connectivity index (χ4n) is 4.24. The highest BCUT2D eigenvalue weighted by Gasteiger charge is 2.25. The van der Waals surface area contributed by atoms with Gasteiger partial charge in [0, 0.05) is 35.7 Å². The van der Waals surface area contributed by atoms with Gasteiger partial charge < -0.3 is 24.1 Å². The molecule has 0 bridgehead atoms. The maximum Gasteiger partial charge on any atom is 0.254 e. The van der Waals surface area contributed by atoms with Crippen molar-refractivity contribution in [3.8, 4) is 11.5 Å². The molecule has 0 spiro atoms. The molecule has 1 amide bonds. The predicted molar refractivity (Wildman–Crippen MR) is 120 cm³/mol. The summed E-state index contributed by atoms with van der Waals surface area (Å²) in [7, 11) is 0. The van der Waals surface area contributed by atoms with E-state index in [-0.39, 0.29) is 24.1 Å². The third kappa shape index (κ3) is 4.21. The number of aromatic amines is 1. The molecule has 0 saturated carbocycles. The van der Waals surface area contributed by atoms with Crippen LogP contribution in [0.4, 0.5) is 0 Å². The molecule has 3 aromatic rings. The van der Waals surface area contributed by atoms with Crippen molar-refractivity contribution in [3.63, 3.8) is 0 Å². The highest BCUT2D eigenvalue weighted by Crippen LogP contribution is 2.33. The topological polar surface area (TPSA) is 80.9 Å². The Morgan fingerprint density at radius 3 is 2.53 bits per heavy atom. The van der Waals surface area contributed by atoms with Crippen molar-refractivity contribution in [2.75, 3.05) is 26.4 Å². The number of fused-ring (bicyclic) bond motifs is 2. The average molecular weight is 434 g/mol. The molecule has 0 aliphatic carbocycles. The Labute approximate surface area is 185 Å². The van der Waals surface area contributed by atoms with Gasteiger partial charge in [-0.3, -0.25) is 9.59 Å². The minimum Gasteiger partial charge on any atom is -0.486 e. The third-order valence-electron chi connectivity index (χ3n) is 5.98. The quantitative estimate of drug-likeness (QED) is 0.666. The maximum absolute atomic E-state index is 13.3. The minimum atomic E-state index is -0.219. The molecule has 166 valence electrons. The van der Waals surface area contributed by atoms with Crippen LogP contribution in [-0.2, 0) is 11.3 Å². The van der Waals surface area contributed by atoms with Gasteiger partial charge in [0.1, 0.15) is 13.2 Å². The van der Waals surface area contributed by atoms with E-state index in [9.17, 15) is 9.59 Å². The van der Waals surface area contributed by atoms with Gasteiger partial charge in [0.25, 0.3) is 11.5 Å². The Kier molecular flexibility index (Phi) is 5.57. The summed E-state index contributed by atoms with van der Waals surface area (Å²) in [4.78, 5) is 30.9. The van der Waals surface area contributed by atoms with E-state index in [1.54, 1.807) is 11.0 Å². The Bertz CT molecular complexity index is 1200. The maximum atomic E-state index is 13.3. The number of carbonyl (C=O) groups is 1. The largest absolute Gasteiger partial charge is 0.486 e. The lowest BCUT2D eigenvalue weighted by Crippen LogP contribution is -2.38. The first-order chi connectivity index (χ1) is 15.6. The molecular weight excluding hydrogens is 408 g/mol. The monoisotopic (exact) mass is 434 g/mol. The van der Waals surface area contributed by atoms with Crippen molar-refractivity contribution < 1.29 is 19.0 Å². The molecule has 1 atom stereocenters. The second-order valence-corrected chi connectivity index (χ2v) is 8.39. The standard InChI is InChI=1S/C25H26N2O5/c1-16-4-6-17(7-5-16)25(29)27(15-20-3-2-8-30-20)14-19-11-18-12-22-23(32-10-9-31-22)13-21(18)26-24(19)28/h4-7,11-13,20H,2-3,8-10,14-15H2,1H3,(H,26,28)/t20-/m1/s1. The smallest absolute Gasteiger partial charge is 0.254 e. The van der Waals surface area contributed by atoms with Crippen LogP contribution in [0.5, 0.6) is 11.5 Å². The second kappa shape index (κ2) is 8.67. The van der Waals surface area contributed by atoms with Gasteiger partial charge in [-0.25, -0.2) is 0 Å². The molecule has 1 saturated heterocycles. The SMILES string of the molecule is Cc1ccc(C(=O)N(Cc2cc3cc4c(cc3[nH]c2=O)OCCO4)C[C@H]2CCCO2)cc1. The van der Waals surface area contributed by atoms with E-state index in [0.717, 1.165) is 23.8 Å². The summed E-state index contributed by atoms with van der Waals surface area (Å²) in [6, 6.07) is 13.0. The number of nitrogens with one attached hydrogen (secondary N) is 1. The summed E-state index contributed by atoms with van der Waals surface area (Å²) >= 11 is 0. The molecule has 0 unspecified atom stereocenters. The van der Waals surface area contributed by atoms with Crippen LogP contribution >= 0.6 is 0 Å². The summed E-state index contributed by atoms with van der Waals surface area (Å²) in [6.07, 6.45) is 1.89. The van der Waals surface area contributed by atoms with Gasteiger partial charge in [0.15, 0.2) is 11.5 Å². The van der Waals surface area contributed by atoms with Crippen LogP contribution in [0.1, 0.15) is 34.3 Å². The zero-order valence-corrected chi connectivity index (χ0v) is 18.1. The van der Waals surface area contributed by atoms with Crippen molar-refractivity contribution in [2.45, 2.75) is 32.4 Å². The molecule has 3 heterocycles. The zero-order chi connectivity index (χ0) is 22.1. The number of carbonyl (C=O) groups excluding carboxylic acids is 1. The van der Waals surface area contributed by atoms with Gasteiger partial charge in [-0.2, -0.15) is 0 Å². The van der Waals surface area contributed by atoms with Crippen LogP contribution in [0.25, 0.3) is 10.9 Å². The van der Waals surface area contributed by atoms with E-state index in [1.165, 1.54) is 0 Å². The lowest BCUT2D eigenvalue weighted by Gasteiger charge is -2.26. The van der Waals surface area contributed by atoms with Crippen LogP contribution in [0.2, 0.25) is 0 Å². The van der Waals surface area contributed by atoms with E-state index in [0.29, 0.717) is 54.5 Å². The molecule has 1 aromatic heterocycles. The number of amides is 1. The summed E-state index contributed by atoms with van der Waals surface area (Å²) in [5.74, 6) is 1.18. The first kappa shape index (κ1) is 20.6. The molecule has 32 heavy (non-hydrogen) atoms. The average Bonchev–Trinajstić information content (AvgIpc) is 3.31. The van der Waals surface area contributed by atoms with E-state index in [2.05, 4.69) is 4.98 Å². The summed E-state index contributed by atoms with van der Waals surface area (Å²) in [6.45, 7) is 4.33. The number of H-pyrrole nitrogens is 1. The van der Waals surface area contributed by atoms with Crippen molar-refractivity contribution >= 4 is 16.8 Å². The molecule has 2 aromatic carbocycles. The summed E-state index contributed by atoms with van der Waals surface area (Å²) in [5, 5.41) is 0.837. The number of hydrogen-bond donors (Lipinski definition) is 1. The van der Waals surface area contributed by atoms with Gasteiger partial charge in [0.05, 0.1) is 18.2 Å². The molecule has 0 radical (unpaired) electrons. The predicted octanol–water partition coefficient (Wildman–Crippen LogP) is 3.43. The number of benzene rings is 2. The normalized spacial score (nSPS) is 17.5. The van der Waals surface area contributed by atoms with Crippen LogP contribution in [0.3, 0.4) is 0 Å². The first-order valence-corrected chi connectivity index (χ1v) is 11.0. The number of hydrogen-bond acceptors (Lipinski definition) is 5. The summed E-state index contributed by atoms with van der Waals surface area (Å²) in [5.41, 5.74) is 2.67. The summed E-state index contributed by atoms with van der Waals surface area (Å²) < 4.78 is 17.1. The molecular formula is C25H26N2O5. The van der Waals surface area contributed by atoms with Gasteiger partial charge in [-0.05, 0) is 44.0 Å². The van der Waals surface area contributed by atoms with Gasteiger partial charge >= 0.3 is 0 Å². The van der Waals surface area contributed by atoms with Crippen LogP contribution in [-0.4, -0.2) is 48.3 Å². The molecule has 2 aliphatic rings. The van der Waals surface area contributed by atoms with Gasteiger partial charge in [-0.1, -0.05) is 17.7 Å². The number of aryl methyl sites for hydroxylation is 1. The van der Waals surface area contributed by atoms with Gasteiger partial charge in [0.2, 0.25) is 0 Å². The Morgan fingerprint density at radius 2 is 1.81 bits per heavy atom. The lowest BCUT2D eigenvalue weighted by atomic mass is 10.1.